The minimum absolute atomic E-state index is 0.0537. The third-order valence-electron chi connectivity index (χ3n) is 2.62. The minimum Gasteiger partial charge on any atom is -0.481 e. The summed E-state index contributed by atoms with van der Waals surface area (Å²) >= 11 is 0. The van der Waals surface area contributed by atoms with E-state index in [2.05, 4.69) is 5.32 Å². The minimum atomic E-state index is -0.886. The molecule has 0 aromatic heterocycles. The number of carboxylic acids is 2. The Morgan fingerprint density at radius 1 is 1.21 bits per heavy atom. The predicted molar refractivity (Wildman–Crippen MR) is 68.8 cm³/mol. The highest BCUT2D eigenvalue weighted by Crippen LogP contribution is 2.02. The van der Waals surface area contributed by atoms with Crippen LogP contribution in [0.25, 0.3) is 0 Å². The monoisotopic (exact) mass is 274 g/mol. The molecule has 0 saturated carbocycles. The van der Waals surface area contributed by atoms with E-state index >= 15 is 0 Å². The van der Waals surface area contributed by atoms with Crippen LogP contribution in [0.2, 0.25) is 0 Å². The second-order valence-corrected chi connectivity index (χ2v) is 4.52. The lowest BCUT2D eigenvalue weighted by molar-refractivity contribution is -0.142. The third kappa shape index (κ3) is 10.0. The maximum atomic E-state index is 10.8. The molecule has 0 radical (unpaired) electrons. The smallest absolute Gasteiger partial charge is 0.307 e. The molecule has 7 heteroatoms. The van der Waals surface area contributed by atoms with E-state index in [9.17, 15) is 14.4 Å². The summed E-state index contributed by atoms with van der Waals surface area (Å²) in [4.78, 5) is 33.9. The van der Waals surface area contributed by atoms with Gasteiger partial charge in [-0.15, -0.1) is 0 Å². The van der Waals surface area contributed by atoms with Gasteiger partial charge in [-0.1, -0.05) is 6.92 Å². The van der Waals surface area contributed by atoms with Crippen LogP contribution in [0.5, 0.6) is 0 Å². The van der Waals surface area contributed by atoms with Crippen LogP contribution in [0.15, 0.2) is 0 Å². The highest BCUT2D eigenvalue weighted by molar-refractivity contribution is 5.72. The van der Waals surface area contributed by atoms with Gasteiger partial charge >= 0.3 is 11.9 Å². The maximum Gasteiger partial charge on any atom is 0.307 e. The average Bonchev–Trinajstić information content (AvgIpc) is 2.27. The lowest BCUT2D eigenvalue weighted by Crippen LogP contribution is -2.38. The van der Waals surface area contributed by atoms with Gasteiger partial charge in [0.1, 0.15) is 0 Å². The van der Waals surface area contributed by atoms with E-state index in [4.69, 9.17) is 10.2 Å². The first-order chi connectivity index (χ1) is 8.82. The largest absolute Gasteiger partial charge is 0.481 e. The fraction of sp³-hybridized carbons (Fsp3) is 0.750. The van der Waals surface area contributed by atoms with Crippen molar-refractivity contribution in [3.8, 4) is 0 Å². The van der Waals surface area contributed by atoms with Crippen LogP contribution in [0.4, 0.5) is 0 Å². The molecule has 19 heavy (non-hydrogen) atoms. The summed E-state index contributed by atoms with van der Waals surface area (Å²) in [6.45, 7) is 4.79. The van der Waals surface area contributed by atoms with Gasteiger partial charge in [-0.25, -0.2) is 0 Å². The van der Waals surface area contributed by atoms with Crippen molar-refractivity contribution >= 4 is 17.8 Å². The number of carbonyl (C=O) groups excluding carboxylic acids is 1. The summed E-state index contributed by atoms with van der Waals surface area (Å²) in [7, 11) is 0. The number of carboxylic acid groups (broad SMARTS) is 2. The van der Waals surface area contributed by atoms with Crippen LogP contribution in [0.1, 0.15) is 26.7 Å². The summed E-state index contributed by atoms with van der Waals surface area (Å²) in [5.41, 5.74) is 0. The zero-order valence-corrected chi connectivity index (χ0v) is 11.4. The van der Waals surface area contributed by atoms with E-state index in [1.165, 1.54) is 6.92 Å². The molecule has 0 aliphatic rings. The normalized spacial score (nSPS) is 12.2. The van der Waals surface area contributed by atoms with Gasteiger partial charge in [-0.2, -0.15) is 0 Å². The molecule has 0 rings (SSSR count). The molecule has 0 aliphatic heterocycles. The van der Waals surface area contributed by atoms with E-state index in [0.29, 0.717) is 32.6 Å². The summed E-state index contributed by atoms with van der Waals surface area (Å²) < 4.78 is 0. The number of carbonyl (C=O) groups is 3. The van der Waals surface area contributed by atoms with Crippen LogP contribution in [-0.2, 0) is 14.4 Å². The molecular formula is C12H22N2O5. The topological polar surface area (TPSA) is 107 Å². The van der Waals surface area contributed by atoms with Crippen molar-refractivity contribution in [3.05, 3.63) is 0 Å². The van der Waals surface area contributed by atoms with Crippen LogP contribution in [0, 0.1) is 5.92 Å². The van der Waals surface area contributed by atoms with Crippen molar-refractivity contribution < 1.29 is 24.6 Å². The molecule has 0 aromatic rings. The Kier molecular flexibility index (Phi) is 8.52. The number of amides is 1. The van der Waals surface area contributed by atoms with Crippen molar-refractivity contribution in [1.82, 2.24) is 10.2 Å². The second-order valence-electron chi connectivity index (χ2n) is 4.52. The van der Waals surface area contributed by atoms with Gasteiger partial charge in [-0.3, -0.25) is 14.4 Å². The van der Waals surface area contributed by atoms with Crippen LogP contribution < -0.4 is 5.32 Å². The van der Waals surface area contributed by atoms with Gasteiger partial charge in [0.05, 0.1) is 5.92 Å². The molecule has 3 N–H and O–H groups in total. The van der Waals surface area contributed by atoms with Crippen molar-refractivity contribution in [2.45, 2.75) is 26.7 Å². The lowest BCUT2D eigenvalue weighted by Gasteiger charge is -2.23. The van der Waals surface area contributed by atoms with Gasteiger partial charge in [0, 0.05) is 33.0 Å². The van der Waals surface area contributed by atoms with Crippen LogP contribution in [-0.4, -0.2) is 59.1 Å². The maximum absolute atomic E-state index is 10.8. The van der Waals surface area contributed by atoms with E-state index in [1.54, 1.807) is 6.92 Å². The van der Waals surface area contributed by atoms with E-state index < -0.39 is 17.9 Å². The molecule has 0 bridgehead atoms. The second kappa shape index (κ2) is 9.32. The molecule has 1 atom stereocenters. The SMILES string of the molecule is CC(=O)NCCN(CCCC(=O)O)CC(C)C(=O)O. The van der Waals surface area contributed by atoms with Gasteiger partial charge in [-0.05, 0) is 13.0 Å². The number of nitrogens with zero attached hydrogens (tertiary/aromatic N) is 1. The first-order valence-corrected chi connectivity index (χ1v) is 6.24. The lowest BCUT2D eigenvalue weighted by atomic mass is 10.1. The Morgan fingerprint density at radius 2 is 1.84 bits per heavy atom. The molecule has 0 fully saturated rings. The quantitative estimate of drug-likeness (QED) is 0.518. The van der Waals surface area contributed by atoms with Gasteiger partial charge in [0.25, 0.3) is 0 Å². The highest BCUT2D eigenvalue weighted by atomic mass is 16.4. The van der Waals surface area contributed by atoms with Crippen LogP contribution >= 0.6 is 0 Å². The number of aliphatic carboxylic acids is 2. The Morgan fingerprint density at radius 3 is 2.32 bits per heavy atom. The fourth-order valence-corrected chi connectivity index (χ4v) is 1.60. The molecule has 1 unspecified atom stereocenters. The number of hydrogen-bond acceptors (Lipinski definition) is 4. The summed E-state index contributed by atoms with van der Waals surface area (Å²) in [5.74, 6) is -2.42. The molecule has 7 nitrogen and oxygen atoms in total. The third-order valence-corrected chi connectivity index (χ3v) is 2.62. The first kappa shape index (κ1) is 17.4. The average molecular weight is 274 g/mol. The van der Waals surface area contributed by atoms with E-state index in [0.717, 1.165) is 0 Å². The van der Waals surface area contributed by atoms with Crippen LogP contribution in [0.3, 0.4) is 0 Å². The molecule has 0 heterocycles. The summed E-state index contributed by atoms with van der Waals surface area (Å²) in [6, 6.07) is 0. The van der Waals surface area contributed by atoms with Gasteiger partial charge < -0.3 is 20.4 Å². The number of nitrogens with one attached hydrogen (secondary N) is 1. The number of rotatable bonds is 10. The molecule has 0 saturated heterocycles. The highest BCUT2D eigenvalue weighted by Gasteiger charge is 2.16. The number of hydrogen-bond donors (Lipinski definition) is 3. The summed E-state index contributed by atoms with van der Waals surface area (Å²) in [5, 5.41) is 20.1. The predicted octanol–water partition coefficient (Wildman–Crippen LogP) is 0.0100. The Balaban J connectivity index is 4.16. The fourth-order valence-electron chi connectivity index (χ4n) is 1.60. The molecule has 1 amide bonds. The standard InChI is InChI=1S/C12H22N2O5/c1-9(12(18)19)8-14(6-3-4-11(16)17)7-5-13-10(2)15/h9H,3-8H2,1-2H3,(H,13,15)(H,16,17)(H,18,19). The summed E-state index contributed by atoms with van der Waals surface area (Å²) in [6.07, 6.45) is 0.514. The van der Waals surface area contributed by atoms with E-state index in [-0.39, 0.29) is 12.3 Å². The van der Waals surface area contributed by atoms with Gasteiger partial charge in [0.15, 0.2) is 0 Å². The molecule has 0 aromatic carbocycles. The molecule has 0 spiro atoms. The first-order valence-electron chi connectivity index (χ1n) is 6.24. The van der Waals surface area contributed by atoms with Crippen molar-refractivity contribution in [2.75, 3.05) is 26.2 Å². The van der Waals surface area contributed by atoms with Crippen molar-refractivity contribution in [2.24, 2.45) is 5.92 Å². The Hall–Kier alpha value is -1.63. The zero-order chi connectivity index (χ0) is 14.8. The Labute approximate surface area is 112 Å². The van der Waals surface area contributed by atoms with Crippen molar-refractivity contribution in [1.29, 1.82) is 0 Å². The Bertz CT molecular complexity index is 299. The molecular weight excluding hydrogens is 252 g/mol. The van der Waals surface area contributed by atoms with E-state index in [1.807, 2.05) is 4.90 Å². The molecule has 110 valence electrons. The molecule has 0 aliphatic carbocycles. The van der Waals surface area contributed by atoms with Gasteiger partial charge in [0.2, 0.25) is 5.91 Å². The zero-order valence-electron chi connectivity index (χ0n) is 11.4. The van der Waals surface area contributed by atoms with Crippen molar-refractivity contribution in [3.63, 3.8) is 0 Å².